The molecule has 0 N–H and O–H groups in total. The fourth-order valence-electron chi connectivity index (χ4n) is 1.44. The van der Waals surface area contributed by atoms with Crippen LogP contribution in [0.2, 0.25) is 0 Å². The Labute approximate surface area is 99.4 Å². The summed E-state index contributed by atoms with van der Waals surface area (Å²) in [6.45, 7) is 11.1. The second kappa shape index (κ2) is 9.20. The smallest absolute Gasteiger partial charge is 0.333 e. The summed E-state index contributed by atoms with van der Waals surface area (Å²) in [6, 6.07) is 0. The van der Waals surface area contributed by atoms with Gasteiger partial charge in [-0.25, -0.2) is 4.79 Å². The molecule has 0 spiro atoms. The Morgan fingerprint density at radius 2 is 2.06 bits per heavy atom. The molecule has 16 heavy (non-hydrogen) atoms. The summed E-state index contributed by atoms with van der Waals surface area (Å²) in [5.74, 6) is -0.273. The maximum absolute atomic E-state index is 11.4. The molecular weight excluding hydrogens is 200 g/mol. The van der Waals surface area contributed by atoms with Crippen LogP contribution < -0.4 is 0 Å². The number of esters is 1. The molecule has 0 amide bonds. The van der Waals surface area contributed by atoms with Crippen molar-refractivity contribution in [2.24, 2.45) is 0 Å². The van der Waals surface area contributed by atoms with E-state index in [1.807, 2.05) is 6.08 Å². The van der Waals surface area contributed by atoms with E-state index < -0.39 is 0 Å². The van der Waals surface area contributed by atoms with Gasteiger partial charge >= 0.3 is 5.97 Å². The van der Waals surface area contributed by atoms with Crippen LogP contribution in [-0.2, 0) is 9.53 Å². The molecule has 0 rings (SSSR count). The molecular formula is C14H24O2. The largest absolute Gasteiger partial charge is 0.459 e. The van der Waals surface area contributed by atoms with Crippen molar-refractivity contribution in [3.05, 3.63) is 24.8 Å². The summed E-state index contributed by atoms with van der Waals surface area (Å²) in [5.41, 5.74) is 0.471. The van der Waals surface area contributed by atoms with Gasteiger partial charge in [-0.2, -0.15) is 0 Å². The van der Waals surface area contributed by atoms with Crippen LogP contribution in [0.5, 0.6) is 0 Å². The molecule has 2 heteroatoms. The second-order valence-electron chi connectivity index (χ2n) is 4.17. The fraction of sp³-hybridized carbons (Fsp3) is 0.643. The summed E-state index contributed by atoms with van der Waals surface area (Å²) in [4.78, 5) is 11.4. The molecule has 0 aliphatic rings. The molecule has 0 bridgehead atoms. The van der Waals surface area contributed by atoms with Gasteiger partial charge < -0.3 is 4.74 Å². The predicted octanol–water partition coefficient (Wildman–Crippen LogP) is 4.02. The minimum atomic E-state index is -0.273. The van der Waals surface area contributed by atoms with Gasteiger partial charge in [-0.15, -0.1) is 6.58 Å². The van der Waals surface area contributed by atoms with E-state index in [4.69, 9.17) is 4.74 Å². The normalized spacial score (nSPS) is 11.9. The van der Waals surface area contributed by atoms with Crippen molar-refractivity contribution in [2.75, 3.05) is 0 Å². The third kappa shape index (κ3) is 7.27. The van der Waals surface area contributed by atoms with Gasteiger partial charge in [-0.3, -0.25) is 0 Å². The molecule has 0 heterocycles. The summed E-state index contributed by atoms with van der Waals surface area (Å²) in [5, 5.41) is 0. The van der Waals surface area contributed by atoms with Gasteiger partial charge in [0, 0.05) is 5.57 Å². The monoisotopic (exact) mass is 224 g/mol. The highest BCUT2D eigenvalue weighted by Gasteiger charge is 2.13. The number of hydrogen-bond donors (Lipinski definition) is 0. The molecule has 0 aliphatic carbocycles. The molecule has 92 valence electrons. The van der Waals surface area contributed by atoms with Gasteiger partial charge in [0.2, 0.25) is 0 Å². The first kappa shape index (κ1) is 14.9. The summed E-state index contributed by atoms with van der Waals surface area (Å²) >= 11 is 0. The van der Waals surface area contributed by atoms with E-state index >= 15 is 0 Å². The molecule has 1 unspecified atom stereocenters. The third-order valence-electron chi connectivity index (χ3n) is 2.44. The first-order valence-corrected chi connectivity index (χ1v) is 6.09. The van der Waals surface area contributed by atoms with E-state index in [-0.39, 0.29) is 12.1 Å². The van der Waals surface area contributed by atoms with Crippen LogP contribution >= 0.6 is 0 Å². The van der Waals surface area contributed by atoms with Crippen LogP contribution in [0.3, 0.4) is 0 Å². The van der Waals surface area contributed by atoms with Crippen LogP contribution in [0.4, 0.5) is 0 Å². The summed E-state index contributed by atoms with van der Waals surface area (Å²) in [7, 11) is 0. The Balaban J connectivity index is 4.02. The van der Waals surface area contributed by atoms with E-state index in [1.54, 1.807) is 6.92 Å². The summed E-state index contributed by atoms with van der Waals surface area (Å²) in [6.07, 6.45) is 8.07. The third-order valence-corrected chi connectivity index (χ3v) is 2.44. The van der Waals surface area contributed by atoms with E-state index in [0.717, 1.165) is 25.7 Å². The van der Waals surface area contributed by atoms with E-state index in [2.05, 4.69) is 20.1 Å². The van der Waals surface area contributed by atoms with Gasteiger partial charge in [-0.1, -0.05) is 32.4 Å². The second-order valence-corrected chi connectivity index (χ2v) is 4.17. The molecule has 0 aromatic rings. The first-order chi connectivity index (χ1) is 7.61. The number of carbonyl (C=O) groups excluding carboxylic acids is 1. The lowest BCUT2D eigenvalue weighted by atomic mass is 10.1. The van der Waals surface area contributed by atoms with Crippen LogP contribution in [0.15, 0.2) is 24.8 Å². The van der Waals surface area contributed by atoms with Crippen LogP contribution in [-0.4, -0.2) is 12.1 Å². The lowest BCUT2D eigenvalue weighted by molar-refractivity contribution is -0.144. The van der Waals surface area contributed by atoms with Crippen LogP contribution in [0, 0.1) is 0 Å². The number of allylic oxidation sites excluding steroid dienone is 1. The highest BCUT2D eigenvalue weighted by Crippen LogP contribution is 2.14. The topological polar surface area (TPSA) is 26.3 Å². The molecule has 0 aliphatic heterocycles. The van der Waals surface area contributed by atoms with Gasteiger partial charge in [0.15, 0.2) is 0 Å². The number of rotatable bonds is 9. The molecule has 1 atom stereocenters. The zero-order valence-corrected chi connectivity index (χ0v) is 10.6. The van der Waals surface area contributed by atoms with Crippen LogP contribution in [0.25, 0.3) is 0 Å². The maximum atomic E-state index is 11.4. The first-order valence-electron chi connectivity index (χ1n) is 6.09. The molecule has 0 fully saturated rings. The Morgan fingerprint density at radius 3 is 2.56 bits per heavy atom. The fourth-order valence-corrected chi connectivity index (χ4v) is 1.44. The zero-order chi connectivity index (χ0) is 12.4. The number of unbranched alkanes of at least 4 members (excludes halogenated alkanes) is 2. The lowest BCUT2D eigenvalue weighted by Gasteiger charge is -2.17. The molecule has 0 aromatic heterocycles. The Hall–Kier alpha value is -1.05. The summed E-state index contributed by atoms with van der Waals surface area (Å²) < 4.78 is 5.37. The van der Waals surface area contributed by atoms with Gasteiger partial charge in [0.1, 0.15) is 6.10 Å². The Morgan fingerprint density at radius 1 is 1.38 bits per heavy atom. The van der Waals surface area contributed by atoms with Crippen LogP contribution in [0.1, 0.15) is 52.4 Å². The van der Waals surface area contributed by atoms with Gasteiger partial charge in [0.25, 0.3) is 0 Å². The van der Waals surface area contributed by atoms with Crippen molar-refractivity contribution in [1.82, 2.24) is 0 Å². The van der Waals surface area contributed by atoms with E-state index in [0.29, 0.717) is 5.57 Å². The van der Waals surface area contributed by atoms with Gasteiger partial charge in [-0.05, 0) is 32.6 Å². The average Bonchev–Trinajstić information content (AvgIpc) is 2.25. The maximum Gasteiger partial charge on any atom is 0.333 e. The standard InChI is InChI=1S/C14H24O2/c1-5-7-9-11-13(10-8-6-2)16-14(15)12(3)4/h6,13H,2-3,5,7-11H2,1,4H3. The van der Waals surface area contributed by atoms with Crippen molar-refractivity contribution in [3.8, 4) is 0 Å². The van der Waals surface area contributed by atoms with Crippen molar-refractivity contribution < 1.29 is 9.53 Å². The van der Waals surface area contributed by atoms with Crippen molar-refractivity contribution in [1.29, 1.82) is 0 Å². The van der Waals surface area contributed by atoms with Crippen molar-refractivity contribution in [2.45, 2.75) is 58.5 Å². The quantitative estimate of drug-likeness (QED) is 0.256. The Kier molecular flexibility index (Phi) is 8.59. The highest BCUT2D eigenvalue weighted by atomic mass is 16.5. The SMILES string of the molecule is C=CCCC(CCCCC)OC(=O)C(=C)C. The van der Waals surface area contributed by atoms with Gasteiger partial charge in [0.05, 0.1) is 0 Å². The average molecular weight is 224 g/mol. The molecule has 0 saturated carbocycles. The van der Waals surface area contributed by atoms with Crippen molar-refractivity contribution >= 4 is 5.97 Å². The number of hydrogen-bond acceptors (Lipinski definition) is 2. The molecule has 0 radical (unpaired) electrons. The molecule has 2 nitrogen and oxygen atoms in total. The molecule has 0 aromatic carbocycles. The van der Waals surface area contributed by atoms with E-state index in [1.165, 1.54) is 12.8 Å². The highest BCUT2D eigenvalue weighted by molar-refractivity contribution is 5.87. The molecule has 0 saturated heterocycles. The minimum Gasteiger partial charge on any atom is -0.459 e. The number of ether oxygens (including phenoxy) is 1. The van der Waals surface area contributed by atoms with Crippen molar-refractivity contribution in [3.63, 3.8) is 0 Å². The minimum absolute atomic E-state index is 0.0220. The van der Waals surface area contributed by atoms with E-state index in [9.17, 15) is 4.79 Å². The zero-order valence-electron chi connectivity index (χ0n) is 10.6. The Bertz CT molecular complexity index is 231. The number of carbonyl (C=O) groups is 1. The predicted molar refractivity (Wildman–Crippen MR) is 68.3 cm³/mol. The lowest BCUT2D eigenvalue weighted by Crippen LogP contribution is -2.18.